The summed E-state index contributed by atoms with van der Waals surface area (Å²) in [6.45, 7) is 0. The molecule has 0 bridgehead atoms. The van der Waals surface area contributed by atoms with Gasteiger partial charge in [0.2, 0.25) is 0 Å². The Hall–Kier alpha value is -0.860. The van der Waals surface area contributed by atoms with Crippen LogP contribution >= 0.6 is 0 Å². The van der Waals surface area contributed by atoms with Gasteiger partial charge in [0.05, 0.1) is 5.92 Å². The van der Waals surface area contributed by atoms with Gasteiger partial charge < -0.3 is 0 Å². The third-order valence-electron chi connectivity index (χ3n) is 2.33. The van der Waals surface area contributed by atoms with E-state index in [1.807, 2.05) is 0 Å². The van der Waals surface area contributed by atoms with E-state index >= 15 is 0 Å². The highest BCUT2D eigenvalue weighted by Crippen LogP contribution is 2.56. The van der Waals surface area contributed by atoms with E-state index in [1.165, 1.54) is 0 Å². The number of halogens is 3. The molecule has 66 valence electrons. The smallest absolute Gasteiger partial charge is 0.213 e. The number of rotatable bonds is 1. The first-order chi connectivity index (χ1) is 5.59. The van der Waals surface area contributed by atoms with E-state index in [-0.39, 0.29) is 12.3 Å². The average Bonchev–Trinajstić information content (AvgIpc) is 2.60. The van der Waals surface area contributed by atoms with E-state index in [4.69, 9.17) is 0 Å². The van der Waals surface area contributed by atoms with Crippen LogP contribution in [0.5, 0.6) is 0 Å². The predicted octanol–water partition coefficient (Wildman–Crippen LogP) is 3.07. The van der Waals surface area contributed by atoms with Crippen LogP contribution < -0.4 is 0 Å². The third kappa shape index (κ3) is 1.24. The Morgan fingerprint density at radius 2 is 2.17 bits per heavy atom. The first-order valence-corrected chi connectivity index (χ1v) is 3.87. The lowest BCUT2D eigenvalue weighted by Crippen LogP contribution is -2.11. The van der Waals surface area contributed by atoms with Crippen molar-refractivity contribution in [1.29, 1.82) is 0 Å². The van der Waals surface area contributed by atoms with Gasteiger partial charge in [0.1, 0.15) is 0 Å². The molecule has 0 saturated heterocycles. The predicted molar refractivity (Wildman–Crippen MR) is 38.9 cm³/mol. The molecule has 0 N–H and O–H groups in total. The Balaban J connectivity index is 2.06. The van der Waals surface area contributed by atoms with Gasteiger partial charge in [-0.05, 0) is 12.3 Å². The summed E-state index contributed by atoms with van der Waals surface area (Å²) < 4.78 is 36.2. The van der Waals surface area contributed by atoms with E-state index < -0.39 is 12.1 Å². The zero-order valence-electron chi connectivity index (χ0n) is 6.31. The fourth-order valence-electron chi connectivity index (χ4n) is 1.56. The Kier molecular flexibility index (Phi) is 1.50. The van der Waals surface area contributed by atoms with Crippen molar-refractivity contribution >= 4 is 0 Å². The lowest BCUT2D eigenvalue weighted by atomic mass is 10.2. The monoisotopic (exact) mass is 173 g/mol. The van der Waals surface area contributed by atoms with Crippen LogP contribution in [-0.2, 0) is 0 Å². The van der Waals surface area contributed by atoms with Gasteiger partial charge in [-0.3, -0.25) is 0 Å². The molecule has 1 fully saturated rings. The van der Waals surface area contributed by atoms with Crippen LogP contribution in [-0.4, -0.2) is 6.18 Å². The van der Waals surface area contributed by atoms with Gasteiger partial charge in [0, 0.05) is 0 Å². The van der Waals surface area contributed by atoms with Crippen LogP contribution in [0, 0.1) is 5.92 Å². The van der Waals surface area contributed by atoms with Gasteiger partial charge >= 0.3 is 6.18 Å². The van der Waals surface area contributed by atoms with Crippen molar-refractivity contribution in [2.45, 2.75) is 18.5 Å². The van der Waals surface area contributed by atoms with Crippen LogP contribution in [0.15, 0.2) is 24.3 Å². The fourth-order valence-corrected chi connectivity index (χ4v) is 1.56. The molecule has 0 radical (unpaired) electrons. The SMILES string of the molecule is FC(F)(F)[C@@H]1C[C@H]1c1ccc[cH-]1. The van der Waals surface area contributed by atoms with Crippen molar-refractivity contribution in [2.75, 3.05) is 0 Å². The van der Waals surface area contributed by atoms with Gasteiger partial charge in [-0.15, -0.1) is 0 Å². The van der Waals surface area contributed by atoms with E-state index in [0.29, 0.717) is 0 Å². The normalized spacial score (nSPS) is 28.9. The highest BCUT2D eigenvalue weighted by molar-refractivity contribution is 5.27. The summed E-state index contributed by atoms with van der Waals surface area (Å²) in [5.41, 5.74) is 0.831. The minimum atomic E-state index is -4.00. The molecule has 1 saturated carbocycles. The Morgan fingerprint density at radius 1 is 1.42 bits per heavy atom. The van der Waals surface area contributed by atoms with Crippen molar-refractivity contribution < 1.29 is 13.2 Å². The van der Waals surface area contributed by atoms with E-state index in [9.17, 15) is 13.2 Å². The first kappa shape index (κ1) is 7.77. The van der Waals surface area contributed by atoms with Crippen molar-refractivity contribution in [1.82, 2.24) is 0 Å². The molecule has 1 aromatic rings. The standard InChI is InChI=1S/C9H8F3/c10-9(11,12)8-5-7(8)6-3-1-2-4-6/h1-4,7-8H,5H2/q-1/t7-,8+/m0/s1. The second-order valence-electron chi connectivity index (χ2n) is 3.21. The summed E-state index contributed by atoms with van der Waals surface area (Å²) in [5.74, 6) is -1.35. The number of hydrogen-bond donors (Lipinski definition) is 0. The van der Waals surface area contributed by atoms with E-state index in [0.717, 1.165) is 5.56 Å². The first-order valence-electron chi connectivity index (χ1n) is 3.87. The maximum Gasteiger partial charge on any atom is 0.392 e. The van der Waals surface area contributed by atoms with Crippen molar-refractivity contribution in [3.05, 3.63) is 29.8 Å². The summed E-state index contributed by atoms with van der Waals surface area (Å²) in [4.78, 5) is 0. The lowest BCUT2D eigenvalue weighted by Gasteiger charge is -2.05. The summed E-state index contributed by atoms with van der Waals surface area (Å²) in [7, 11) is 0. The molecule has 0 amide bonds. The number of alkyl halides is 3. The Labute approximate surface area is 68.4 Å². The van der Waals surface area contributed by atoms with Gasteiger partial charge in [0.25, 0.3) is 0 Å². The number of hydrogen-bond acceptors (Lipinski definition) is 0. The van der Waals surface area contributed by atoms with Crippen LogP contribution in [0.4, 0.5) is 13.2 Å². The Bertz CT molecular complexity index is 258. The van der Waals surface area contributed by atoms with Gasteiger partial charge in [0.15, 0.2) is 0 Å². The molecule has 0 heterocycles. The molecule has 2 atom stereocenters. The quantitative estimate of drug-likeness (QED) is 0.572. The van der Waals surface area contributed by atoms with Crippen LogP contribution in [0.1, 0.15) is 17.9 Å². The van der Waals surface area contributed by atoms with Gasteiger partial charge in [-0.25, -0.2) is 12.1 Å². The lowest BCUT2D eigenvalue weighted by molar-refractivity contribution is -0.148. The van der Waals surface area contributed by atoms with Crippen molar-refractivity contribution in [3.8, 4) is 0 Å². The zero-order valence-corrected chi connectivity index (χ0v) is 6.31. The molecular formula is C9H8F3-. The molecule has 12 heavy (non-hydrogen) atoms. The van der Waals surface area contributed by atoms with Crippen molar-refractivity contribution in [2.24, 2.45) is 5.92 Å². The molecule has 0 nitrogen and oxygen atoms in total. The molecule has 0 aliphatic heterocycles. The van der Waals surface area contributed by atoms with E-state index in [2.05, 4.69) is 0 Å². The summed E-state index contributed by atoms with van der Waals surface area (Å²) in [6, 6.07) is 7.08. The second-order valence-corrected chi connectivity index (χ2v) is 3.21. The largest absolute Gasteiger partial charge is 0.392 e. The molecule has 1 aromatic carbocycles. The molecular weight excluding hydrogens is 165 g/mol. The van der Waals surface area contributed by atoms with Crippen LogP contribution in [0.3, 0.4) is 0 Å². The second kappa shape index (κ2) is 2.31. The molecule has 0 aromatic heterocycles. The van der Waals surface area contributed by atoms with Crippen LogP contribution in [0.2, 0.25) is 0 Å². The highest BCUT2D eigenvalue weighted by Gasteiger charge is 2.54. The average molecular weight is 173 g/mol. The minimum absolute atomic E-state index is 0.264. The Morgan fingerprint density at radius 3 is 2.58 bits per heavy atom. The summed E-state index contributed by atoms with van der Waals surface area (Å²) in [5, 5.41) is 0. The molecule has 0 spiro atoms. The van der Waals surface area contributed by atoms with Crippen molar-refractivity contribution in [3.63, 3.8) is 0 Å². The maximum absolute atomic E-state index is 12.1. The van der Waals surface area contributed by atoms with Gasteiger partial charge in [-0.2, -0.15) is 30.9 Å². The summed E-state index contributed by atoms with van der Waals surface area (Å²) >= 11 is 0. The minimum Gasteiger partial charge on any atom is -0.213 e. The van der Waals surface area contributed by atoms with Crippen LogP contribution in [0.25, 0.3) is 0 Å². The molecule has 2 rings (SSSR count). The molecule has 1 aliphatic rings. The molecule has 1 aliphatic carbocycles. The topological polar surface area (TPSA) is 0 Å². The highest BCUT2D eigenvalue weighted by atomic mass is 19.4. The summed E-state index contributed by atoms with van der Waals surface area (Å²) in [6.07, 6.45) is -3.73. The molecule has 3 heteroatoms. The maximum atomic E-state index is 12.1. The van der Waals surface area contributed by atoms with E-state index in [1.54, 1.807) is 24.3 Å². The fraction of sp³-hybridized carbons (Fsp3) is 0.444. The molecule has 0 unspecified atom stereocenters. The zero-order chi connectivity index (χ0) is 8.77. The third-order valence-corrected chi connectivity index (χ3v) is 2.33. The van der Waals surface area contributed by atoms with Gasteiger partial charge in [-0.1, -0.05) is 0 Å².